The first-order chi connectivity index (χ1) is 9.21. The lowest BCUT2D eigenvalue weighted by atomic mass is 10.2. The lowest BCUT2D eigenvalue weighted by Crippen LogP contribution is -2.03. The summed E-state index contributed by atoms with van der Waals surface area (Å²) in [6, 6.07) is 7.72. The third kappa shape index (κ3) is 3.69. The lowest BCUT2D eigenvalue weighted by Gasteiger charge is -2.07. The quantitative estimate of drug-likeness (QED) is 0.836. The van der Waals surface area contributed by atoms with Gasteiger partial charge in [-0.2, -0.15) is 9.97 Å². The average molecular weight is 282 g/mol. The maximum Gasteiger partial charge on any atom is 0.324 e. The van der Waals surface area contributed by atoms with Crippen LogP contribution in [0.25, 0.3) is 0 Å². The van der Waals surface area contributed by atoms with E-state index in [2.05, 4.69) is 15.0 Å². The molecule has 1 aromatic heterocycles. The van der Waals surface area contributed by atoms with Gasteiger partial charge in [-0.1, -0.05) is 12.1 Å². The fourth-order valence-electron chi connectivity index (χ4n) is 1.38. The van der Waals surface area contributed by atoms with Crippen LogP contribution in [0.15, 0.2) is 24.3 Å². The van der Waals surface area contributed by atoms with Gasteiger partial charge in [0.05, 0.1) is 14.2 Å². The van der Waals surface area contributed by atoms with Crippen LogP contribution in [-0.2, 0) is 6.61 Å². The Labute approximate surface area is 115 Å². The summed E-state index contributed by atoms with van der Waals surface area (Å²) in [5, 5.41) is 0.0208. The molecule has 0 atom stereocenters. The second kappa shape index (κ2) is 6.19. The molecule has 2 rings (SSSR count). The van der Waals surface area contributed by atoms with E-state index in [0.717, 1.165) is 11.3 Å². The SMILES string of the molecule is COc1cccc(COc2nc(Cl)nc(OC)n2)c1. The van der Waals surface area contributed by atoms with Crippen LogP contribution in [0.5, 0.6) is 17.8 Å². The van der Waals surface area contributed by atoms with E-state index in [1.807, 2.05) is 24.3 Å². The molecule has 0 unspecified atom stereocenters. The summed E-state index contributed by atoms with van der Waals surface area (Å²) < 4.78 is 15.4. The van der Waals surface area contributed by atoms with E-state index in [4.69, 9.17) is 25.8 Å². The lowest BCUT2D eigenvalue weighted by molar-refractivity contribution is 0.269. The molecule has 0 aliphatic carbocycles. The van der Waals surface area contributed by atoms with Crippen LogP contribution in [0.4, 0.5) is 0 Å². The van der Waals surface area contributed by atoms with Gasteiger partial charge in [-0.3, -0.25) is 0 Å². The van der Waals surface area contributed by atoms with E-state index < -0.39 is 0 Å². The van der Waals surface area contributed by atoms with Crippen LogP contribution in [-0.4, -0.2) is 29.2 Å². The topological polar surface area (TPSA) is 66.4 Å². The Kier molecular flexibility index (Phi) is 4.35. The number of hydrogen-bond acceptors (Lipinski definition) is 6. The van der Waals surface area contributed by atoms with Crippen LogP contribution < -0.4 is 14.2 Å². The van der Waals surface area contributed by atoms with Crippen LogP contribution in [0, 0.1) is 0 Å². The van der Waals surface area contributed by atoms with Gasteiger partial charge in [0.25, 0.3) is 0 Å². The van der Waals surface area contributed by atoms with E-state index in [1.54, 1.807) is 7.11 Å². The molecule has 100 valence electrons. The molecule has 0 amide bonds. The highest BCUT2D eigenvalue weighted by Gasteiger charge is 2.06. The molecule has 0 aliphatic rings. The Hall–Kier alpha value is -2.08. The second-order valence-corrected chi connectivity index (χ2v) is 3.85. The third-order valence-electron chi connectivity index (χ3n) is 2.25. The molecule has 0 N–H and O–H groups in total. The predicted molar refractivity (Wildman–Crippen MR) is 68.7 cm³/mol. The molecule has 7 heteroatoms. The zero-order chi connectivity index (χ0) is 13.7. The first-order valence-corrected chi connectivity index (χ1v) is 5.80. The van der Waals surface area contributed by atoms with Gasteiger partial charge < -0.3 is 14.2 Å². The summed E-state index contributed by atoms with van der Waals surface area (Å²) >= 11 is 5.72. The number of hydrogen-bond donors (Lipinski definition) is 0. The Balaban J connectivity index is 2.07. The summed E-state index contributed by atoms with van der Waals surface area (Å²) in [6.07, 6.45) is 0. The number of nitrogens with zero attached hydrogens (tertiary/aromatic N) is 3. The summed E-state index contributed by atoms with van der Waals surface area (Å²) in [5.41, 5.74) is 0.926. The van der Waals surface area contributed by atoms with Crippen molar-refractivity contribution in [2.75, 3.05) is 14.2 Å². The van der Waals surface area contributed by atoms with Crippen LogP contribution in [0.2, 0.25) is 5.28 Å². The molecule has 0 saturated carbocycles. The number of methoxy groups -OCH3 is 2. The number of halogens is 1. The predicted octanol–water partition coefficient (Wildman–Crippen LogP) is 2.12. The molecule has 0 spiro atoms. The smallest absolute Gasteiger partial charge is 0.324 e. The monoisotopic (exact) mass is 281 g/mol. The molecule has 6 nitrogen and oxygen atoms in total. The van der Waals surface area contributed by atoms with Gasteiger partial charge in [0, 0.05) is 0 Å². The minimum atomic E-state index is 0.0208. The highest BCUT2D eigenvalue weighted by molar-refractivity contribution is 6.28. The van der Waals surface area contributed by atoms with Crippen molar-refractivity contribution in [2.24, 2.45) is 0 Å². The van der Waals surface area contributed by atoms with E-state index in [-0.39, 0.29) is 17.3 Å². The van der Waals surface area contributed by atoms with Gasteiger partial charge in [-0.05, 0) is 29.3 Å². The molecule has 0 radical (unpaired) electrons. The van der Waals surface area contributed by atoms with Gasteiger partial charge >= 0.3 is 12.0 Å². The Morgan fingerprint density at radius 2 is 1.84 bits per heavy atom. The first kappa shape index (κ1) is 13.4. The van der Waals surface area contributed by atoms with Crippen molar-refractivity contribution >= 4 is 11.6 Å². The van der Waals surface area contributed by atoms with E-state index >= 15 is 0 Å². The standard InChI is InChI=1S/C12H12ClN3O3/c1-17-9-5-3-4-8(6-9)7-19-12-15-10(13)14-11(16-12)18-2/h3-6H,7H2,1-2H3. The van der Waals surface area contributed by atoms with Crippen molar-refractivity contribution in [3.63, 3.8) is 0 Å². The van der Waals surface area contributed by atoms with Crippen LogP contribution >= 0.6 is 11.6 Å². The molecule has 1 heterocycles. The van der Waals surface area contributed by atoms with Crippen molar-refractivity contribution in [1.82, 2.24) is 15.0 Å². The molecule has 0 aliphatic heterocycles. The number of ether oxygens (including phenoxy) is 3. The molecule has 0 bridgehead atoms. The average Bonchev–Trinajstić information content (AvgIpc) is 2.44. The van der Waals surface area contributed by atoms with Crippen molar-refractivity contribution in [3.05, 3.63) is 35.1 Å². The molecule has 2 aromatic rings. The Bertz CT molecular complexity index is 566. The van der Waals surface area contributed by atoms with Gasteiger partial charge in [-0.15, -0.1) is 4.98 Å². The van der Waals surface area contributed by atoms with Crippen molar-refractivity contribution in [1.29, 1.82) is 0 Å². The second-order valence-electron chi connectivity index (χ2n) is 3.51. The zero-order valence-corrected chi connectivity index (χ0v) is 11.2. The largest absolute Gasteiger partial charge is 0.497 e. The summed E-state index contributed by atoms with van der Waals surface area (Å²) in [7, 11) is 3.05. The van der Waals surface area contributed by atoms with Gasteiger partial charge in [0.1, 0.15) is 12.4 Å². The molecule has 0 saturated heterocycles. The van der Waals surface area contributed by atoms with Crippen LogP contribution in [0.1, 0.15) is 5.56 Å². The van der Waals surface area contributed by atoms with E-state index in [1.165, 1.54) is 7.11 Å². The Morgan fingerprint density at radius 1 is 1.05 bits per heavy atom. The first-order valence-electron chi connectivity index (χ1n) is 5.42. The third-order valence-corrected chi connectivity index (χ3v) is 2.42. The summed E-state index contributed by atoms with van der Waals surface area (Å²) in [5.74, 6) is 0.757. The van der Waals surface area contributed by atoms with Crippen molar-refractivity contribution < 1.29 is 14.2 Å². The number of rotatable bonds is 5. The summed E-state index contributed by atoms with van der Waals surface area (Å²) in [4.78, 5) is 11.5. The van der Waals surface area contributed by atoms with Gasteiger partial charge in [-0.25, -0.2) is 0 Å². The molecule has 0 fully saturated rings. The molecule has 1 aromatic carbocycles. The molecular formula is C12H12ClN3O3. The minimum absolute atomic E-state index is 0.0208. The number of aromatic nitrogens is 3. The zero-order valence-electron chi connectivity index (χ0n) is 10.5. The minimum Gasteiger partial charge on any atom is -0.497 e. The van der Waals surface area contributed by atoms with Gasteiger partial charge in [0.15, 0.2) is 0 Å². The maximum atomic E-state index is 5.72. The van der Waals surface area contributed by atoms with E-state index in [0.29, 0.717) is 6.61 Å². The fourth-order valence-corrected chi connectivity index (χ4v) is 1.53. The van der Waals surface area contributed by atoms with E-state index in [9.17, 15) is 0 Å². The normalized spacial score (nSPS) is 10.1. The highest BCUT2D eigenvalue weighted by Crippen LogP contribution is 2.16. The Morgan fingerprint density at radius 3 is 2.58 bits per heavy atom. The van der Waals surface area contributed by atoms with Crippen molar-refractivity contribution in [2.45, 2.75) is 6.61 Å². The number of benzene rings is 1. The van der Waals surface area contributed by atoms with Gasteiger partial charge in [0.2, 0.25) is 5.28 Å². The fraction of sp³-hybridized carbons (Fsp3) is 0.250. The maximum absolute atomic E-state index is 5.72. The molecular weight excluding hydrogens is 270 g/mol. The summed E-state index contributed by atoms with van der Waals surface area (Å²) in [6.45, 7) is 0.292. The van der Waals surface area contributed by atoms with Crippen LogP contribution in [0.3, 0.4) is 0 Å². The molecule has 19 heavy (non-hydrogen) atoms. The van der Waals surface area contributed by atoms with Crippen molar-refractivity contribution in [3.8, 4) is 17.8 Å². The highest BCUT2D eigenvalue weighted by atomic mass is 35.5.